The number of hydrogen-bond donors (Lipinski definition) is 2. The van der Waals surface area contributed by atoms with Crippen molar-refractivity contribution >= 4 is 49.3 Å². The zero-order valence-electron chi connectivity index (χ0n) is 10.1. The predicted octanol–water partition coefficient (Wildman–Crippen LogP) is 3.75. The van der Waals surface area contributed by atoms with E-state index in [1.807, 2.05) is 25.1 Å². The maximum Gasteiger partial charge on any atom is 0.259 e. The lowest BCUT2D eigenvalue weighted by atomic mass is 10.2. The number of aryl methyl sites for hydroxylation is 1. The van der Waals surface area contributed by atoms with Gasteiger partial charge in [0.15, 0.2) is 0 Å². The van der Waals surface area contributed by atoms with Gasteiger partial charge >= 0.3 is 0 Å². The quantitative estimate of drug-likeness (QED) is 0.828. The van der Waals surface area contributed by atoms with E-state index in [2.05, 4.69) is 42.2 Å². The Hall–Kier alpha value is -1.40. The molecule has 0 fully saturated rings. The molecule has 6 heteroatoms. The summed E-state index contributed by atoms with van der Waals surface area (Å²) in [5, 5.41) is 2.79. The molecular formula is C13H11Br2N3O. The standard InChI is InChI=1S/C13H11Br2N3O/c1-7-4-9(2-3-11(7)15)18-13(19)10-5-8(14)6-17-12(10)16/h2-6H,1H3,(H2,16,17)(H,18,19). The number of carbonyl (C=O) groups excluding carboxylic acids is 1. The molecule has 1 aromatic carbocycles. The van der Waals surface area contributed by atoms with Crippen molar-refractivity contribution < 1.29 is 4.79 Å². The van der Waals surface area contributed by atoms with Gasteiger partial charge in [0.25, 0.3) is 5.91 Å². The van der Waals surface area contributed by atoms with Crippen molar-refractivity contribution in [3.8, 4) is 0 Å². The van der Waals surface area contributed by atoms with E-state index in [9.17, 15) is 4.79 Å². The number of nitrogens with one attached hydrogen (secondary N) is 1. The zero-order valence-corrected chi connectivity index (χ0v) is 13.2. The highest BCUT2D eigenvalue weighted by Gasteiger charge is 2.12. The molecule has 2 aromatic rings. The second-order valence-electron chi connectivity index (χ2n) is 4.00. The molecule has 98 valence electrons. The van der Waals surface area contributed by atoms with E-state index >= 15 is 0 Å². The molecule has 1 amide bonds. The van der Waals surface area contributed by atoms with Crippen molar-refractivity contribution in [3.05, 3.63) is 50.5 Å². The molecule has 3 N–H and O–H groups in total. The average molecular weight is 385 g/mol. The minimum atomic E-state index is -0.284. The van der Waals surface area contributed by atoms with Crippen LogP contribution in [0.2, 0.25) is 0 Å². The van der Waals surface area contributed by atoms with Crippen molar-refractivity contribution in [2.45, 2.75) is 6.92 Å². The molecule has 0 aliphatic heterocycles. The van der Waals surface area contributed by atoms with E-state index in [1.165, 1.54) is 0 Å². The van der Waals surface area contributed by atoms with Crippen molar-refractivity contribution in [3.63, 3.8) is 0 Å². The molecule has 0 spiro atoms. The number of halogens is 2. The molecule has 0 radical (unpaired) electrons. The number of nitrogens with two attached hydrogens (primary N) is 1. The van der Waals surface area contributed by atoms with Gasteiger partial charge in [0, 0.05) is 20.8 Å². The van der Waals surface area contributed by atoms with Gasteiger partial charge in [-0.2, -0.15) is 0 Å². The molecule has 0 unspecified atom stereocenters. The number of amides is 1. The first-order valence-electron chi connectivity index (χ1n) is 5.46. The number of pyridine rings is 1. The van der Waals surface area contributed by atoms with E-state index in [0.29, 0.717) is 15.7 Å². The summed E-state index contributed by atoms with van der Waals surface area (Å²) in [6, 6.07) is 7.22. The number of aromatic nitrogens is 1. The summed E-state index contributed by atoms with van der Waals surface area (Å²) in [4.78, 5) is 16.1. The summed E-state index contributed by atoms with van der Waals surface area (Å²) >= 11 is 6.68. The Bertz CT molecular complexity index is 644. The van der Waals surface area contributed by atoms with Crippen LogP contribution in [-0.4, -0.2) is 10.9 Å². The van der Waals surface area contributed by atoms with Crippen LogP contribution < -0.4 is 11.1 Å². The summed E-state index contributed by atoms with van der Waals surface area (Å²) in [7, 11) is 0. The van der Waals surface area contributed by atoms with Crippen LogP contribution in [0.25, 0.3) is 0 Å². The number of rotatable bonds is 2. The number of hydrogen-bond acceptors (Lipinski definition) is 3. The monoisotopic (exact) mass is 383 g/mol. The van der Waals surface area contributed by atoms with Gasteiger partial charge in [-0.3, -0.25) is 4.79 Å². The SMILES string of the molecule is Cc1cc(NC(=O)c2cc(Br)cnc2N)ccc1Br. The molecule has 1 heterocycles. The lowest BCUT2D eigenvalue weighted by Crippen LogP contribution is -2.15. The molecule has 0 saturated carbocycles. The van der Waals surface area contributed by atoms with Crippen LogP contribution in [-0.2, 0) is 0 Å². The number of benzene rings is 1. The fourth-order valence-corrected chi connectivity index (χ4v) is 2.13. The molecule has 0 saturated heterocycles. The topological polar surface area (TPSA) is 68.0 Å². The zero-order chi connectivity index (χ0) is 14.0. The van der Waals surface area contributed by atoms with Crippen LogP contribution in [0.15, 0.2) is 39.4 Å². The fraction of sp³-hybridized carbons (Fsp3) is 0.0769. The summed E-state index contributed by atoms with van der Waals surface area (Å²) in [5.41, 5.74) is 7.79. The first-order valence-corrected chi connectivity index (χ1v) is 7.04. The average Bonchev–Trinajstić information content (AvgIpc) is 2.36. The van der Waals surface area contributed by atoms with Crippen LogP contribution in [0.3, 0.4) is 0 Å². The Labute approximate surface area is 127 Å². The van der Waals surface area contributed by atoms with Gasteiger partial charge in [-0.25, -0.2) is 4.98 Å². The largest absolute Gasteiger partial charge is 0.383 e. The molecule has 2 rings (SSSR count). The van der Waals surface area contributed by atoms with Crippen molar-refractivity contribution in [2.24, 2.45) is 0 Å². The van der Waals surface area contributed by atoms with Crippen LogP contribution >= 0.6 is 31.9 Å². The van der Waals surface area contributed by atoms with E-state index in [4.69, 9.17) is 5.73 Å². The van der Waals surface area contributed by atoms with Gasteiger partial charge in [-0.15, -0.1) is 0 Å². The summed E-state index contributed by atoms with van der Waals surface area (Å²) < 4.78 is 1.70. The third kappa shape index (κ3) is 3.33. The van der Waals surface area contributed by atoms with Gasteiger partial charge in [-0.1, -0.05) is 15.9 Å². The molecule has 19 heavy (non-hydrogen) atoms. The second kappa shape index (κ2) is 5.71. The Morgan fingerprint density at radius 2 is 2.05 bits per heavy atom. The van der Waals surface area contributed by atoms with Crippen LogP contribution in [0, 0.1) is 6.92 Å². The molecule has 1 aromatic heterocycles. The van der Waals surface area contributed by atoms with Gasteiger partial charge in [0.1, 0.15) is 5.82 Å². The van der Waals surface area contributed by atoms with Crippen molar-refractivity contribution in [1.82, 2.24) is 4.98 Å². The summed E-state index contributed by atoms with van der Waals surface area (Å²) in [6.07, 6.45) is 1.55. The lowest BCUT2D eigenvalue weighted by Gasteiger charge is -2.08. The van der Waals surface area contributed by atoms with Gasteiger partial charge in [0.05, 0.1) is 5.56 Å². The van der Waals surface area contributed by atoms with E-state index in [-0.39, 0.29) is 11.7 Å². The molecule has 0 atom stereocenters. The molecule has 0 aliphatic carbocycles. The number of nitrogens with zero attached hydrogens (tertiary/aromatic N) is 1. The van der Waals surface area contributed by atoms with Gasteiger partial charge in [-0.05, 0) is 52.7 Å². The molecule has 0 aliphatic rings. The summed E-state index contributed by atoms with van der Waals surface area (Å²) in [6.45, 7) is 1.95. The van der Waals surface area contributed by atoms with Crippen LogP contribution in [0.5, 0.6) is 0 Å². The summed E-state index contributed by atoms with van der Waals surface area (Å²) in [5.74, 6) is -0.0810. The normalized spacial score (nSPS) is 10.3. The Morgan fingerprint density at radius 1 is 1.32 bits per heavy atom. The smallest absolute Gasteiger partial charge is 0.259 e. The number of carbonyl (C=O) groups is 1. The minimum Gasteiger partial charge on any atom is -0.383 e. The van der Waals surface area contributed by atoms with Crippen LogP contribution in [0.1, 0.15) is 15.9 Å². The number of nitrogen functional groups attached to an aromatic ring is 1. The Kier molecular flexibility index (Phi) is 4.21. The first kappa shape index (κ1) is 14.0. The second-order valence-corrected chi connectivity index (χ2v) is 5.77. The molecular weight excluding hydrogens is 374 g/mol. The maximum absolute atomic E-state index is 12.1. The van der Waals surface area contributed by atoms with Gasteiger partial charge in [0.2, 0.25) is 0 Å². The van der Waals surface area contributed by atoms with Crippen molar-refractivity contribution in [1.29, 1.82) is 0 Å². The van der Waals surface area contributed by atoms with E-state index < -0.39 is 0 Å². The Morgan fingerprint density at radius 3 is 2.74 bits per heavy atom. The van der Waals surface area contributed by atoms with Crippen molar-refractivity contribution in [2.75, 3.05) is 11.1 Å². The number of anilines is 2. The third-order valence-corrected chi connectivity index (χ3v) is 3.87. The maximum atomic E-state index is 12.1. The van der Waals surface area contributed by atoms with Gasteiger partial charge < -0.3 is 11.1 Å². The van der Waals surface area contributed by atoms with Crippen LogP contribution in [0.4, 0.5) is 11.5 Å². The predicted molar refractivity (Wildman–Crippen MR) is 83.2 cm³/mol. The minimum absolute atomic E-state index is 0.203. The molecule has 4 nitrogen and oxygen atoms in total. The first-order chi connectivity index (χ1) is 8.97. The third-order valence-electron chi connectivity index (χ3n) is 2.55. The highest BCUT2D eigenvalue weighted by Crippen LogP contribution is 2.22. The Balaban J connectivity index is 2.25. The van der Waals surface area contributed by atoms with E-state index in [0.717, 1.165) is 10.0 Å². The molecule has 0 bridgehead atoms. The fourth-order valence-electron chi connectivity index (χ4n) is 1.55. The highest BCUT2D eigenvalue weighted by atomic mass is 79.9. The van der Waals surface area contributed by atoms with E-state index in [1.54, 1.807) is 12.3 Å². The lowest BCUT2D eigenvalue weighted by molar-refractivity contribution is 0.102. The highest BCUT2D eigenvalue weighted by molar-refractivity contribution is 9.10.